The Morgan fingerprint density at radius 1 is 0.871 bits per heavy atom. The Balaban J connectivity index is 1.82. The lowest BCUT2D eigenvalue weighted by Gasteiger charge is -2.19. The minimum atomic E-state index is -0.257. The van der Waals surface area contributed by atoms with Gasteiger partial charge in [-0.2, -0.15) is 0 Å². The van der Waals surface area contributed by atoms with E-state index in [4.69, 9.17) is 32.4 Å². The molecule has 4 aromatic rings. The van der Waals surface area contributed by atoms with Crippen molar-refractivity contribution in [3.63, 3.8) is 0 Å². The summed E-state index contributed by atoms with van der Waals surface area (Å²) in [4.78, 5) is 13.3. The van der Waals surface area contributed by atoms with Crippen molar-refractivity contribution in [3.05, 3.63) is 98.1 Å². The van der Waals surface area contributed by atoms with Crippen molar-refractivity contribution in [1.29, 1.82) is 0 Å². The van der Waals surface area contributed by atoms with Crippen molar-refractivity contribution in [2.45, 2.75) is 32.8 Å². The lowest BCUT2D eigenvalue weighted by atomic mass is 9.86. The van der Waals surface area contributed by atoms with E-state index in [9.17, 15) is 4.79 Å². The van der Waals surface area contributed by atoms with Crippen LogP contribution in [0.15, 0.2) is 75.9 Å². The Labute approximate surface area is 191 Å². The molecular weight excluding hydrogens is 431 g/mol. The molecule has 0 radical (unpaired) electrons. The van der Waals surface area contributed by atoms with Gasteiger partial charge in [-0.1, -0.05) is 80.4 Å². The second kappa shape index (κ2) is 8.41. The minimum absolute atomic E-state index is 0.0212. The molecule has 0 aliphatic carbocycles. The monoisotopic (exact) mass is 452 g/mol. The van der Waals surface area contributed by atoms with Gasteiger partial charge >= 0.3 is 0 Å². The zero-order valence-corrected chi connectivity index (χ0v) is 19.1. The highest BCUT2D eigenvalue weighted by Crippen LogP contribution is 2.33. The van der Waals surface area contributed by atoms with Gasteiger partial charge in [-0.3, -0.25) is 4.79 Å². The van der Waals surface area contributed by atoms with E-state index >= 15 is 0 Å². The number of rotatable bonds is 4. The fourth-order valence-corrected chi connectivity index (χ4v) is 3.63. The highest BCUT2D eigenvalue weighted by molar-refractivity contribution is 6.31. The Hall–Kier alpha value is -2.75. The summed E-state index contributed by atoms with van der Waals surface area (Å²) in [6, 6.07) is 20.3. The van der Waals surface area contributed by atoms with Gasteiger partial charge < -0.3 is 9.15 Å². The van der Waals surface area contributed by atoms with E-state index in [0.717, 1.165) is 11.1 Å². The van der Waals surface area contributed by atoms with E-state index in [1.165, 1.54) is 5.56 Å². The van der Waals surface area contributed by atoms with Crippen LogP contribution in [-0.2, 0) is 12.0 Å². The molecule has 0 atom stereocenters. The summed E-state index contributed by atoms with van der Waals surface area (Å²) in [7, 11) is 0. The molecule has 158 valence electrons. The van der Waals surface area contributed by atoms with Crippen LogP contribution >= 0.6 is 23.2 Å². The van der Waals surface area contributed by atoms with Crippen LogP contribution in [0.25, 0.3) is 22.3 Å². The second-order valence-electron chi connectivity index (χ2n) is 8.47. The number of fused-ring (bicyclic) bond motifs is 1. The normalized spacial score (nSPS) is 11.6. The van der Waals surface area contributed by atoms with Crippen molar-refractivity contribution < 1.29 is 9.15 Å². The third-order valence-corrected chi connectivity index (χ3v) is 5.61. The first-order valence-corrected chi connectivity index (χ1v) is 10.7. The standard InChI is InChI=1S/C26H22Cl2O3/c1-26(2,3)18-8-6-17(7-9-18)24-25(30-15-16-4-10-19(27)11-5-16)23(29)21-14-20(28)12-13-22(21)31-24/h4-14H,15H2,1-3H3. The SMILES string of the molecule is CC(C)(C)c1ccc(-c2oc3ccc(Cl)cc3c(=O)c2OCc2ccc(Cl)cc2)cc1. The first-order chi connectivity index (χ1) is 14.7. The van der Waals surface area contributed by atoms with E-state index in [1.54, 1.807) is 30.3 Å². The minimum Gasteiger partial charge on any atom is -0.481 e. The highest BCUT2D eigenvalue weighted by Gasteiger charge is 2.20. The van der Waals surface area contributed by atoms with Gasteiger partial charge in [0.05, 0.1) is 5.39 Å². The van der Waals surface area contributed by atoms with Gasteiger partial charge in [0.15, 0.2) is 5.76 Å². The Morgan fingerprint density at radius 3 is 2.16 bits per heavy atom. The predicted molar refractivity (Wildman–Crippen MR) is 127 cm³/mol. The lowest BCUT2D eigenvalue weighted by molar-refractivity contribution is 0.298. The average Bonchev–Trinajstić information content (AvgIpc) is 2.74. The van der Waals surface area contributed by atoms with E-state index in [-0.39, 0.29) is 23.2 Å². The quantitative estimate of drug-likeness (QED) is 0.319. The molecule has 1 heterocycles. The van der Waals surface area contributed by atoms with Crippen LogP contribution in [0.5, 0.6) is 5.75 Å². The smallest absolute Gasteiger partial charge is 0.235 e. The molecule has 4 rings (SSSR count). The van der Waals surface area contributed by atoms with E-state index < -0.39 is 0 Å². The molecule has 0 bridgehead atoms. The molecule has 0 fully saturated rings. The van der Waals surface area contributed by atoms with Crippen molar-refractivity contribution in [1.82, 2.24) is 0 Å². The van der Waals surface area contributed by atoms with Gasteiger partial charge in [0.2, 0.25) is 11.2 Å². The molecule has 0 aliphatic heterocycles. The van der Waals surface area contributed by atoms with Crippen LogP contribution in [-0.4, -0.2) is 0 Å². The molecule has 3 aromatic carbocycles. The van der Waals surface area contributed by atoms with Crippen molar-refractivity contribution in [2.24, 2.45) is 0 Å². The molecule has 0 saturated carbocycles. The largest absolute Gasteiger partial charge is 0.481 e. The highest BCUT2D eigenvalue weighted by atomic mass is 35.5. The fourth-order valence-electron chi connectivity index (χ4n) is 3.33. The summed E-state index contributed by atoms with van der Waals surface area (Å²) in [6.45, 7) is 6.68. The molecule has 0 saturated heterocycles. The van der Waals surface area contributed by atoms with Crippen LogP contribution in [0.1, 0.15) is 31.9 Å². The summed E-state index contributed by atoms with van der Waals surface area (Å²) >= 11 is 12.1. The third kappa shape index (κ3) is 4.63. The predicted octanol–water partition coefficient (Wildman–Crippen LogP) is 7.64. The van der Waals surface area contributed by atoms with Crippen molar-refractivity contribution in [3.8, 4) is 17.1 Å². The van der Waals surface area contributed by atoms with Gasteiger partial charge in [0.25, 0.3) is 0 Å². The second-order valence-corrected chi connectivity index (χ2v) is 9.35. The fraction of sp³-hybridized carbons (Fsp3) is 0.192. The zero-order valence-electron chi connectivity index (χ0n) is 17.5. The maximum absolute atomic E-state index is 13.3. The number of benzene rings is 3. The average molecular weight is 453 g/mol. The topological polar surface area (TPSA) is 39.4 Å². The summed E-state index contributed by atoms with van der Waals surface area (Å²) in [5, 5.41) is 1.49. The van der Waals surface area contributed by atoms with Crippen molar-refractivity contribution in [2.75, 3.05) is 0 Å². The molecular formula is C26H22Cl2O3. The van der Waals surface area contributed by atoms with E-state index in [2.05, 4.69) is 20.8 Å². The molecule has 1 aromatic heterocycles. The zero-order chi connectivity index (χ0) is 22.2. The van der Waals surface area contributed by atoms with Gasteiger partial charge in [0.1, 0.15) is 12.2 Å². The van der Waals surface area contributed by atoms with Crippen LogP contribution in [0.3, 0.4) is 0 Å². The molecule has 0 amide bonds. The molecule has 5 heteroatoms. The summed E-state index contributed by atoms with van der Waals surface area (Å²) in [6.07, 6.45) is 0. The number of hydrogen-bond donors (Lipinski definition) is 0. The number of ether oxygens (including phenoxy) is 1. The van der Waals surface area contributed by atoms with Crippen LogP contribution in [0, 0.1) is 0 Å². The summed E-state index contributed by atoms with van der Waals surface area (Å²) < 4.78 is 12.1. The van der Waals surface area contributed by atoms with E-state index in [0.29, 0.717) is 26.8 Å². The molecule has 3 nitrogen and oxygen atoms in total. The van der Waals surface area contributed by atoms with Gasteiger partial charge in [0, 0.05) is 15.6 Å². The molecule has 31 heavy (non-hydrogen) atoms. The summed E-state index contributed by atoms with van der Waals surface area (Å²) in [5.74, 6) is 0.558. The number of halogens is 2. The van der Waals surface area contributed by atoms with Crippen molar-refractivity contribution >= 4 is 34.2 Å². The maximum atomic E-state index is 13.3. The van der Waals surface area contributed by atoms with Crippen LogP contribution in [0.4, 0.5) is 0 Å². The molecule has 0 aliphatic rings. The van der Waals surface area contributed by atoms with Crippen LogP contribution < -0.4 is 10.2 Å². The Morgan fingerprint density at radius 2 is 1.52 bits per heavy atom. The maximum Gasteiger partial charge on any atom is 0.235 e. The Kier molecular flexibility index (Phi) is 5.83. The van der Waals surface area contributed by atoms with E-state index in [1.807, 2.05) is 36.4 Å². The first kappa shape index (κ1) is 21.5. The van der Waals surface area contributed by atoms with Crippen LogP contribution in [0.2, 0.25) is 10.0 Å². The number of hydrogen-bond acceptors (Lipinski definition) is 3. The van der Waals surface area contributed by atoms with Gasteiger partial charge in [-0.25, -0.2) is 0 Å². The lowest BCUT2D eigenvalue weighted by Crippen LogP contribution is -2.11. The first-order valence-electron chi connectivity index (χ1n) is 9.97. The van der Waals surface area contributed by atoms with Gasteiger partial charge in [-0.05, 0) is 46.9 Å². The Bertz CT molecular complexity index is 1280. The summed E-state index contributed by atoms with van der Waals surface area (Å²) in [5.41, 5.74) is 3.08. The molecule has 0 spiro atoms. The molecule has 0 unspecified atom stereocenters. The van der Waals surface area contributed by atoms with Gasteiger partial charge in [-0.15, -0.1) is 0 Å². The third-order valence-electron chi connectivity index (χ3n) is 5.12. The molecule has 0 N–H and O–H groups in total.